The van der Waals surface area contributed by atoms with E-state index in [1.54, 1.807) is 12.1 Å². The molecule has 1 aliphatic carbocycles. The van der Waals surface area contributed by atoms with Crippen LogP contribution >= 0.6 is 0 Å². The minimum Gasteiger partial charge on any atom is -0.462 e. The number of aliphatic hydroxyl groups is 1. The first-order chi connectivity index (χ1) is 19.3. The lowest BCUT2D eigenvalue weighted by Gasteiger charge is -2.32. The molecule has 0 aromatic heterocycles. The van der Waals surface area contributed by atoms with Gasteiger partial charge in [-0.2, -0.15) is 22.0 Å². The third-order valence-corrected chi connectivity index (χ3v) is 7.10. The summed E-state index contributed by atoms with van der Waals surface area (Å²) in [5.74, 6) is -3.26. The maximum Gasteiger partial charge on any atom is 0.422 e. The van der Waals surface area contributed by atoms with E-state index in [9.17, 15) is 31.5 Å². The molecule has 1 aromatic carbocycles. The number of rotatable bonds is 16. The number of carbonyl (C=O) groups excluding carboxylic acids is 2. The number of hydrogen-bond donors (Lipinski definition) is 1. The van der Waals surface area contributed by atoms with Crippen LogP contribution in [0.3, 0.4) is 0 Å². The highest BCUT2D eigenvalue weighted by atomic mass is 19.4. The van der Waals surface area contributed by atoms with Gasteiger partial charge < -0.3 is 19.3 Å². The summed E-state index contributed by atoms with van der Waals surface area (Å²) >= 11 is 0. The van der Waals surface area contributed by atoms with Crippen LogP contribution in [0.5, 0.6) is 0 Å². The van der Waals surface area contributed by atoms with E-state index in [0.717, 1.165) is 31.2 Å². The number of aryl methyl sites for hydroxylation is 1. The first-order valence-electron chi connectivity index (χ1n) is 13.8. The number of halogens is 5. The minimum absolute atomic E-state index is 0.0554. The molecule has 0 amide bonds. The summed E-state index contributed by atoms with van der Waals surface area (Å²) < 4.78 is 83.0. The maximum absolute atomic E-state index is 14.9. The van der Waals surface area contributed by atoms with E-state index in [0.29, 0.717) is 32.1 Å². The highest BCUT2D eigenvalue weighted by molar-refractivity contribution is 5.89. The number of esters is 2. The zero-order valence-electron chi connectivity index (χ0n) is 23.3. The molecule has 0 aliphatic heterocycles. The largest absolute Gasteiger partial charge is 0.462 e. The van der Waals surface area contributed by atoms with Gasteiger partial charge in [-0.25, -0.2) is 9.59 Å². The third-order valence-electron chi connectivity index (χ3n) is 7.10. The van der Waals surface area contributed by atoms with E-state index in [-0.39, 0.29) is 23.7 Å². The molecule has 0 heterocycles. The van der Waals surface area contributed by atoms with E-state index in [1.807, 2.05) is 0 Å². The fourth-order valence-electron chi connectivity index (χ4n) is 4.62. The highest BCUT2D eigenvalue weighted by Crippen LogP contribution is 2.38. The molecule has 1 aliphatic rings. The Hall–Kier alpha value is -2.79. The molecule has 6 nitrogen and oxygen atoms in total. The van der Waals surface area contributed by atoms with Gasteiger partial charge in [0.1, 0.15) is 5.57 Å². The van der Waals surface area contributed by atoms with Crippen LogP contribution < -0.4 is 0 Å². The predicted octanol–water partition coefficient (Wildman–Crippen LogP) is 6.80. The van der Waals surface area contributed by atoms with Gasteiger partial charge >= 0.3 is 24.2 Å². The van der Waals surface area contributed by atoms with Crippen LogP contribution in [-0.4, -0.2) is 49.1 Å². The first kappa shape index (κ1) is 34.4. The molecular formula is C30H39F5O6. The van der Waals surface area contributed by atoms with Crippen molar-refractivity contribution in [2.45, 2.75) is 83.1 Å². The molecule has 41 heavy (non-hydrogen) atoms. The Morgan fingerprint density at radius 1 is 0.951 bits per heavy atom. The van der Waals surface area contributed by atoms with Gasteiger partial charge in [-0.15, -0.1) is 0 Å². The Morgan fingerprint density at radius 3 is 2.07 bits per heavy atom. The summed E-state index contributed by atoms with van der Waals surface area (Å²) in [6.45, 7) is 6.74. The molecule has 0 bridgehead atoms. The van der Waals surface area contributed by atoms with Crippen LogP contribution in [-0.2, 0) is 36.3 Å². The monoisotopic (exact) mass is 590 g/mol. The highest BCUT2D eigenvalue weighted by Gasteiger charge is 2.39. The average Bonchev–Trinajstić information content (AvgIpc) is 2.93. The lowest BCUT2D eigenvalue weighted by molar-refractivity contribution is -0.278. The topological polar surface area (TPSA) is 82.1 Å². The number of carbonyl (C=O) groups is 2. The molecule has 1 atom stereocenters. The van der Waals surface area contributed by atoms with Crippen LogP contribution in [0.15, 0.2) is 48.6 Å². The van der Waals surface area contributed by atoms with E-state index in [4.69, 9.17) is 19.3 Å². The summed E-state index contributed by atoms with van der Waals surface area (Å²) in [7, 11) is 0. The fourth-order valence-corrected chi connectivity index (χ4v) is 4.62. The second kappa shape index (κ2) is 16.0. The summed E-state index contributed by atoms with van der Waals surface area (Å²) in [6, 6.07) is 6.16. The normalized spacial score (nSPS) is 18.4. The van der Waals surface area contributed by atoms with Gasteiger partial charge in [0, 0.05) is 5.92 Å². The molecule has 0 radical (unpaired) electrons. The Kier molecular flexibility index (Phi) is 13.4. The predicted molar refractivity (Wildman–Crippen MR) is 142 cm³/mol. The number of alkyl halides is 5. The Morgan fingerprint density at radius 2 is 1.54 bits per heavy atom. The van der Waals surface area contributed by atoms with Gasteiger partial charge in [0.15, 0.2) is 0 Å². The van der Waals surface area contributed by atoms with E-state index < -0.39 is 55.0 Å². The van der Waals surface area contributed by atoms with Crippen molar-refractivity contribution in [1.29, 1.82) is 0 Å². The second-order valence-corrected chi connectivity index (χ2v) is 10.5. The SMILES string of the molecule is C=C(CO)C(=O)OCC(COC(=O)C(=C)C(F)(F)F)CC1CCC(OC(F)(F)c2ccc(CCCCC)cc2)CC1. The van der Waals surface area contributed by atoms with Crippen LogP contribution in [0.25, 0.3) is 0 Å². The van der Waals surface area contributed by atoms with Gasteiger partial charge in [0.25, 0.3) is 0 Å². The van der Waals surface area contributed by atoms with Crippen molar-refractivity contribution in [3.63, 3.8) is 0 Å². The van der Waals surface area contributed by atoms with Crippen molar-refractivity contribution < 1.29 is 50.9 Å². The standard InChI is InChI=1S/C30H39F5O6/c1-4-5-6-7-22-8-12-25(13-9-22)30(34,35)41-26-14-10-23(11-15-26)16-24(18-39-27(37)20(2)17-36)19-40-28(38)21(3)29(31,32)33/h8-9,12-13,23-24,26,36H,2-7,10-11,14-19H2,1H3. The minimum atomic E-state index is -4.95. The quantitative estimate of drug-likeness (QED) is 0.0987. The zero-order valence-corrected chi connectivity index (χ0v) is 23.3. The Balaban J connectivity index is 1.92. The number of hydrogen-bond acceptors (Lipinski definition) is 6. The molecule has 1 N–H and O–H groups in total. The molecule has 1 saturated carbocycles. The average molecular weight is 591 g/mol. The molecule has 2 rings (SSSR count). The van der Waals surface area contributed by atoms with Gasteiger partial charge in [0.05, 0.1) is 37.1 Å². The smallest absolute Gasteiger partial charge is 0.422 e. The fraction of sp³-hybridized carbons (Fsp3) is 0.600. The van der Waals surface area contributed by atoms with Crippen LogP contribution in [0.4, 0.5) is 22.0 Å². The molecule has 0 spiro atoms. The van der Waals surface area contributed by atoms with Crippen LogP contribution in [0, 0.1) is 11.8 Å². The van der Waals surface area contributed by atoms with Crippen molar-refractivity contribution in [2.75, 3.05) is 19.8 Å². The molecule has 11 heteroatoms. The van der Waals surface area contributed by atoms with Gasteiger partial charge in [0.2, 0.25) is 0 Å². The summed E-state index contributed by atoms with van der Waals surface area (Å²) in [5, 5.41) is 9.02. The summed E-state index contributed by atoms with van der Waals surface area (Å²) in [5.41, 5.74) is -1.09. The van der Waals surface area contributed by atoms with Crippen molar-refractivity contribution in [3.8, 4) is 0 Å². The van der Waals surface area contributed by atoms with E-state index in [2.05, 4.69) is 20.1 Å². The summed E-state index contributed by atoms with van der Waals surface area (Å²) in [6.07, 6.45) is -3.20. The lowest BCUT2D eigenvalue weighted by atomic mass is 9.82. The number of ether oxygens (including phenoxy) is 3. The van der Waals surface area contributed by atoms with Crippen LogP contribution in [0.2, 0.25) is 0 Å². The van der Waals surface area contributed by atoms with Gasteiger partial charge in [-0.3, -0.25) is 0 Å². The second-order valence-electron chi connectivity index (χ2n) is 10.5. The van der Waals surface area contributed by atoms with E-state index in [1.165, 1.54) is 12.1 Å². The van der Waals surface area contributed by atoms with Gasteiger partial charge in [-0.1, -0.05) is 57.2 Å². The molecule has 1 fully saturated rings. The molecule has 230 valence electrons. The number of unbranched alkanes of at least 4 members (excludes halogenated alkanes) is 2. The molecule has 1 aromatic rings. The summed E-state index contributed by atoms with van der Waals surface area (Å²) in [4.78, 5) is 23.6. The van der Waals surface area contributed by atoms with Crippen molar-refractivity contribution in [2.24, 2.45) is 11.8 Å². The Bertz CT molecular complexity index is 1010. The number of benzene rings is 1. The molecule has 0 saturated heterocycles. The van der Waals surface area contributed by atoms with Crippen molar-refractivity contribution in [3.05, 3.63) is 59.7 Å². The third kappa shape index (κ3) is 11.5. The molecular weight excluding hydrogens is 551 g/mol. The lowest BCUT2D eigenvalue weighted by Crippen LogP contribution is -2.31. The first-order valence-corrected chi connectivity index (χ1v) is 13.8. The van der Waals surface area contributed by atoms with Crippen molar-refractivity contribution >= 4 is 11.9 Å². The number of aliphatic hydroxyl groups excluding tert-OH is 1. The van der Waals surface area contributed by atoms with Crippen molar-refractivity contribution in [1.82, 2.24) is 0 Å². The van der Waals surface area contributed by atoms with Crippen LogP contribution in [0.1, 0.15) is 69.4 Å². The Labute approximate surface area is 237 Å². The zero-order chi connectivity index (χ0) is 30.6. The van der Waals surface area contributed by atoms with Gasteiger partial charge in [-0.05, 0) is 56.4 Å². The van der Waals surface area contributed by atoms with E-state index >= 15 is 0 Å². The maximum atomic E-state index is 14.9. The molecule has 1 unspecified atom stereocenters.